The molecule has 3 fully saturated rings. The van der Waals surface area contributed by atoms with E-state index in [4.69, 9.17) is 0 Å². The van der Waals surface area contributed by atoms with Gasteiger partial charge in [-0.25, -0.2) is 17.6 Å². The topological polar surface area (TPSA) is 9.23 Å². The predicted octanol–water partition coefficient (Wildman–Crippen LogP) is 12.9. The van der Waals surface area contributed by atoms with E-state index in [1.807, 2.05) is 18.2 Å². The molecule has 0 radical (unpaired) electrons. The van der Waals surface area contributed by atoms with E-state index in [0.29, 0.717) is 49.3 Å². The number of aryl methyl sites for hydroxylation is 1. The Balaban J connectivity index is 1.01. The number of hydrogen-bond acceptors (Lipinski definition) is 1. The van der Waals surface area contributed by atoms with Gasteiger partial charge in [-0.05, 0) is 124 Å². The van der Waals surface area contributed by atoms with Crippen LogP contribution in [0.4, 0.5) is 26.3 Å². The van der Waals surface area contributed by atoms with Gasteiger partial charge in [0.05, 0.1) is 5.92 Å². The quantitative estimate of drug-likeness (QED) is 0.0898. The van der Waals surface area contributed by atoms with Gasteiger partial charge in [0.2, 0.25) is 0 Å². The van der Waals surface area contributed by atoms with Gasteiger partial charge in [0.1, 0.15) is 11.6 Å². The first-order valence-corrected chi connectivity index (χ1v) is 18.3. The van der Waals surface area contributed by atoms with E-state index in [9.17, 15) is 22.0 Å². The fourth-order valence-electron chi connectivity index (χ4n) is 8.58. The van der Waals surface area contributed by atoms with Crippen molar-refractivity contribution >= 4 is 0 Å². The summed E-state index contributed by atoms with van der Waals surface area (Å²) < 4.78 is 89.1. The molecule has 260 valence electrons. The first-order chi connectivity index (χ1) is 22.6. The number of rotatable bonds is 13. The highest BCUT2D eigenvalue weighted by atomic mass is 19.3. The Kier molecular flexibility index (Phi) is 12.8. The van der Waals surface area contributed by atoms with E-state index in [2.05, 4.69) is 17.7 Å². The Bertz CT molecular complexity index is 1280. The third kappa shape index (κ3) is 9.81. The lowest BCUT2D eigenvalue weighted by Gasteiger charge is -2.38. The fourth-order valence-corrected chi connectivity index (χ4v) is 8.58. The van der Waals surface area contributed by atoms with Crippen molar-refractivity contribution in [3.63, 3.8) is 0 Å². The molecule has 0 saturated heterocycles. The second-order valence-corrected chi connectivity index (χ2v) is 14.7. The lowest BCUT2D eigenvalue weighted by Crippen LogP contribution is -2.37. The average Bonchev–Trinajstić information content (AvgIpc) is 3.07. The van der Waals surface area contributed by atoms with Crippen molar-refractivity contribution in [2.45, 2.75) is 135 Å². The number of ether oxygens (including phenoxy) is 1. The van der Waals surface area contributed by atoms with Crippen LogP contribution < -0.4 is 4.74 Å². The van der Waals surface area contributed by atoms with E-state index in [0.717, 1.165) is 36.2 Å². The van der Waals surface area contributed by atoms with Crippen LogP contribution in [-0.2, 0) is 6.42 Å². The summed E-state index contributed by atoms with van der Waals surface area (Å²) in [6, 6.07) is 6.68. The minimum absolute atomic E-state index is 0.131. The van der Waals surface area contributed by atoms with Crippen molar-refractivity contribution < 1.29 is 31.1 Å². The molecule has 0 heterocycles. The van der Waals surface area contributed by atoms with E-state index in [-0.39, 0.29) is 24.6 Å². The van der Waals surface area contributed by atoms with Crippen LogP contribution in [0.5, 0.6) is 5.75 Å². The van der Waals surface area contributed by atoms with Gasteiger partial charge in [-0.2, -0.15) is 8.78 Å². The van der Waals surface area contributed by atoms with Crippen LogP contribution in [0, 0.1) is 52.9 Å². The van der Waals surface area contributed by atoms with Gasteiger partial charge >= 0.3 is 6.11 Å². The summed E-state index contributed by atoms with van der Waals surface area (Å²) in [5, 5.41) is 0. The third-order valence-electron chi connectivity index (χ3n) is 11.5. The molecule has 0 aliphatic heterocycles. The minimum Gasteiger partial charge on any atom is -0.432 e. The predicted molar refractivity (Wildman–Crippen MR) is 175 cm³/mol. The fraction of sp³-hybridized carbons (Fsp3) is 0.650. The lowest BCUT2D eigenvalue weighted by atomic mass is 9.68. The Morgan fingerprint density at radius 1 is 0.745 bits per heavy atom. The molecule has 0 amide bonds. The monoisotopic (exact) mass is 662 g/mol. The zero-order chi connectivity index (χ0) is 33.4. The molecular weight excluding hydrogens is 610 g/mol. The highest BCUT2D eigenvalue weighted by Crippen LogP contribution is 2.45. The van der Waals surface area contributed by atoms with Crippen molar-refractivity contribution in [1.29, 1.82) is 0 Å². The molecule has 7 heteroatoms. The Morgan fingerprint density at radius 3 is 2.00 bits per heavy atom. The summed E-state index contributed by atoms with van der Waals surface area (Å²) in [5.74, 6) is -3.57. The van der Waals surface area contributed by atoms with Crippen LogP contribution in [-0.4, -0.2) is 6.11 Å². The Hall–Kier alpha value is -2.44. The van der Waals surface area contributed by atoms with Crippen LogP contribution in [0.15, 0.2) is 42.5 Å². The lowest BCUT2D eigenvalue weighted by molar-refractivity contribution is -0.223. The zero-order valence-electron chi connectivity index (χ0n) is 27.9. The van der Waals surface area contributed by atoms with Crippen molar-refractivity contribution in [2.24, 2.45) is 29.6 Å². The molecule has 0 bridgehead atoms. The Morgan fingerprint density at radius 2 is 1.38 bits per heavy atom. The first-order valence-electron chi connectivity index (χ1n) is 18.3. The van der Waals surface area contributed by atoms with Gasteiger partial charge < -0.3 is 4.74 Å². The zero-order valence-corrected chi connectivity index (χ0v) is 27.9. The highest BCUT2D eigenvalue weighted by Gasteiger charge is 2.44. The second-order valence-electron chi connectivity index (χ2n) is 14.7. The molecule has 3 aliphatic rings. The maximum Gasteiger partial charge on any atom is 0.400 e. The van der Waals surface area contributed by atoms with Crippen molar-refractivity contribution in [3.8, 4) is 5.75 Å². The third-order valence-corrected chi connectivity index (χ3v) is 11.5. The number of unbranched alkanes of at least 4 members (excludes halogenated alkanes) is 2. The molecule has 2 aromatic carbocycles. The maximum absolute atomic E-state index is 15.1. The molecule has 2 aromatic rings. The van der Waals surface area contributed by atoms with Crippen LogP contribution >= 0.6 is 0 Å². The smallest absolute Gasteiger partial charge is 0.400 e. The Labute approximate surface area is 277 Å². The molecule has 0 atom stereocenters. The molecule has 0 spiro atoms. The minimum atomic E-state index is -3.62. The van der Waals surface area contributed by atoms with Crippen LogP contribution in [0.3, 0.4) is 0 Å². The van der Waals surface area contributed by atoms with Gasteiger partial charge in [-0.15, -0.1) is 0 Å². The number of benzene rings is 2. The van der Waals surface area contributed by atoms with E-state index in [1.165, 1.54) is 64.2 Å². The first kappa shape index (κ1) is 35.9. The summed E-state index contributed by atoms with van der Waals surface area (Å²) >= 11 is 0. The van der Waals surface area contributed by atoms with Crippen LogP contribution in [0.1, 0.15) is 133 Å². The van der Waals surface area contributed by atoms with Gasteiger partial charge in [0.25, 0.3) is 0 Å². The van der Waals surface area contributed by atoms with Crippen LogP contribution in [0.25, 0.3) is 0 Å². The molecule has 3 aliphatic carbocycles. The van der Waals surface area contributed by atoms with E-state index < -0.39 is 35.2 Å². The number of allylic oxidation sites excluding steroid dienone is 2. The van der Waals surface area contributed by atoms with Gasteiger partial charge in [-0.3, -0.25) is 0 Å². The SMILES string of the molecule is CCCCCC1CCC(C2CCC(c3ccc(CCC=CC4CCC(C(F)(F)Oc5cc(F)c(F)c(F)c5)CC4)c(F)c3)CC2)CC1. The molecule has 3 saturated carbocycles. The standard InChI is InChI=1S/C40H52F6O/c1-2-3-4-7-27-10-14-29(15-11-27)30-16-18-31(19-17-30)33-21-20-32(36(41)24-33)9-6-5-8-28-12-22-34(23-13-28)40(45,46)47-35-25-37(42)39(44)38(43)26-35/h5,8,20-21,24-31,34H,2-4,6-7,9-19,22-23H2,1H3. The van der Waals surface area contributed by atoms with Gasteiger partial charge in [0.15, 0.2) is 17.5 Å². The largest absolute Gasteiger partial charge is 0.432 e. The second kappa shape index (κ2) is 16.8. The normalized spacial score (nSPS) is 27.3. The number of alkyl halides is 2. The van der Waals surface area contributed by atoms with E-state index >= 15 is 4.39 Å². The van der Waals surface area contributed by atoms with Crippen molar-refractivity contribution in [2.75, 3.05) is 0 Å². The van der Waals surface area contributed by atoms with Crippen molar-refractivity contribution in [3.05, 3.63) is 76.9 Å². The molecule has 5 rings (SSSR count). The van der Waals surface area contributed by atoms with Gasteiger partial charge in [-0.1, -0.05) is 69.7 Å². The average molecular weight is 663 g/mol. The molecular formula is C40H52F6O. The highest BCUT2D eigenvalue weighted by molar-refractivity contribution is 5.28. The molecule has 0 N–H and O–H groups in total. The summed E-state index contributed by atoms with van der Waals surface area (Å²) in [6.45, 7) is 2.28. The molecule has 47 heavy (non-hydrogen) atoms. The molecule has 1 nitrogen and oxygen atoms in total. The maximum atomic E-state index is 15.1. The van der Waals surface area contributed by atoms with E-state index in [1.54, 1.807) is 6.07 Å². The summed E-state index contributed by atoms with van der Waals surface area (Å²) in [4.78, 5) is 0. The van der Waals surface area contributed by atoms with Crippen molar-refractivity contribution in [1.82, 2.24) is 0 Å². The summed E-state index contributed by atoms with van der Waals surface area (Å²) in [5.41, 5.74) is 1.84. The summed E-state index contributed by atoms with van der Waals surface area (Å²) in [6.07, 6.45) is 19.1. The van der Waals surface area contributed by atoms with Crippen LogP contribution in [0.2, 0.25) is 0 Å². The van der Waals surface area contributed by atoms with Gasteiger partial charge in [0, 0.05) is 12.1 Å². The number of hydrogen-bond donors (Lipinski definition) is 0. The molecule has 0 unspecified atom stereocenters. The number of halogens is 6. The molecule has 0 aromatic heterocycles. The summed E-state index contributed by atoms with van der Waals surface area (Å²) in [7, 11) is 0.